The maximum absolute atomic E-state index is 6.05. The van der Waals surface area contributed by atoms with Crippen LogP contribution in [0.25, 0.3) is 0 Å². The van der Waals surface area contributed by atoms with Crippen molar-refractivity contribution in [3.05, 3.63) is 0 Å². The minimum Gasteiger partial charge on any atom is -0.379 e. The predicted octanol–water partition coefficient (Wildman–Crippen LogP) is 0.0766. The van der Waals surface area contributed by atoms with E-state index < -0.39 is 5.66 Å². The summed E-state index contributed by atoms with van der Waals surface area (Å²) < 4.78 is 16.2. The molecule has 1 unspecified atom stereocenters. The van der Waals surface area contributed by atoms with Crippen LogP contribution in [0.4, 0.5) is 0 Å². The van der Waals surface area contributed by atoms with E-state index in [1.54, 1.807) is 0 Å². The van der Waals surface area contributed by atoms with Gasteiger partial charge >= 0.3 is 0 Å². The third kappa shape index (κ3) is 13.4. The van der Waals surface area contributed by atoms with Gasteiger partial charge in [0.15, 0.2) is 0 Å². The molecule has 0 rings (SSSR count). The number of hydrogen-bond acceptors (Lipinski definition) is 7. The van der Waals surface area contributed by atoms with E-state index in [4.69, 9.17) is 31.4 Å². The van der Waals surface area contributed by atoms with Gasteiger partial charge in [-0.05, 0) is 33.4 Å². The summed E-state index contributed by atoms with van der Waals surface area (Å²) in [5.74, 6) is 0. The largest absolute Gasteiger partial charge is 0.379 e. The van der Waals surface area contributed by atoms with Crippen LogP contribution < -0.4 is 17.2 Å². The lowest BCUT2D eigenvalue weighted by atomic mass is 10.00. The third-order valence-corrected chi connectivity index (χ3v) is 3.28. The molecular formula is C15H36N4O3. The Morgan fingerprint density at radius 1 is 0.909 bits per heavy atom. The topological polar surface area (TPSA) is 109 Å². The fraction of sp³-hybridized carbons (Fsp3) is 1.00. The number of nitrogens with two attached hydrogens (primary N) is 3. The summed E-state index contributed by atoms with van der Waals surface area (Å²) in [7, 11) is 3.83. The molecule has 0 aliphatic heterocycles. The Bertz CT molecular complexity index is 253. The smallest absolute Gasteiger partial charge is 0.0701 e. The Labute approximate surface area is 135 Å². The van der Waals surface area contributed by atoms with Crippen LogP contribution in [0.3, 0.4) is 0 Å². The van der Waals surface area contributed by atoms with Gasteiger partial charge in [-0.2, -0.15) is 0 Å². The normalized spacial score (nSPS) is 13.8. The van der Waals surface area contributed by atoms with E-state index in [9.17, 15) is 0 Å². The molecule has 0 fully saturated rings. The summed E-state index contributed by atoms with van der Waals surface area (Å²) in [4.78, 5) is 1.91. The van der Waals surface area contributed by atoms with Crippen molar-refractivity contribution in [2.24, 2.45) is 17.2 Å². The molecule has 0 aromatic heterocycles. The van der Waals surface area contributed by atoms with Crippen LogP contribution in [0, 0.1) is 0 Å². The first kappa shape index (κ1) is 21.7. The molecule has 0 aromatic carbocycles. The number of nitrogens with zero attached hydrogens (tertiary/aromatic N) is 1. The fourth-order valence-electron chi connectivity index (χ4n) is 1.86. The van der Waals surface area contributed by atoms with Crippen LogP contribution in [0.15, 0.2) is 0 Å². The molecule has 0 heterocycles. The van der Waals surface area contributed by atoms with Gasteiger partial charge in [-0.25, -0.2) is 0 Å². The van der Waals surface area contributed by atoms with Crippen LogP contribution in [-0.2, 0) is 14.2 Å². The van der Waals surface area contributed by atoms with Crippen LogP contribution >= 0.6 is 0 Å². The first-order valence-electron chi connectivity index (χ1n) is 8.12. The lowest BCUT2D eigenvalue weighted by Gasteiger charge is -2.30. The quantitative estimate of drug-likeness (QED) is 0.289. The van der Waals surface area contributed by atoms with Gasteiger partial charge in [-0.15, -0.1) is 0 Å². The average Bonchev–Trinajstić information content (AvgIpc) is 2.44. The van der Waals surface area contributed by atoms with Crippen molar-refractivity contribution in [2.75, 3.05) is 53.7 Å². The first-order valence-corrected chi connectivity index (χ1v) is 8.12. The fourth-order valence-corrected chi connectivity index (χ4v) is 1.86. The van der Waals surface area contributed by atoms with Crippen LogP contribution in [-0.4, -0.2) is 70.5 Å². The SMILES string of the molecule is CCCOCCOCCOCCCC(N)(N)CC(N)N(C)C. The lowest BCUT2D eigenvalue weighted by Crippen LogP contribution is -2.55. The van der Waals surface area contributed by atoms with Gasteiger partial charge in [-0.3, -0.25) is 4.90 Å². The number of hydrogen-bond donors (Lipinski definition) is 3. The second-order valence-electron chi connectivity index (χ2n) is 5.91. The molecule has 0 amide bonds. The second-order valence-corrected chi connectivity index (χ2v) is 5.91. The number of rotatable bonds is 15. The van der Waals surface area contributed by atoms with Gasteiger partial charge in [0.05, 0.1) is 38.3 Å². The summed E-state index contributed by atoms with van der Waals surface area (Å²) in [6, 6.07) is 0. The third-order valence-electron chi connectivity index (χ3n) is 3.28. The van der Waals surface area contributed by atoms with E-state index in [-0.39, 0.29) is 6.17 Å². The van der Waals surface area contributed by atoms with Crippen molar-refractivity contribution >= 4 is 0 Å². The van der Waals surface area contributed by atoms with Gasteiger partial charge in [0.25, 0.3) is 0 Å². The van der Waals surface area contributed by atoms with E-state index in [1.807, 2.05) is 19.0 Å². The van der Waals surface area contributed by atoms with Crippen molar-refractivity contribution < 1.29 is 14.2 Å². The molecule has 0 aromatic rings. The highest BCUT2D eigenvalue weighted by Gasteiger charge is 2.23. The maximum Gasteiger partial charge on any atom is 0.0701 e. The first-order chi connectivity index (χ1) is 10.4. The summed E-state index contributed by atoms with van der Waals surface area (Å²) in [6.07, 6.45) is 2.96. The molecule has 0 radical (unpaired) electrons. The van der Waals surface area contributed by atoms with Gasteiger partial charge in [-0.1, -0.05) is 6.92 Å². The van der Waals surface area contributed by atoms with Crippen molar-refractivity contribution in [1.82, 2.24) is 4.90 Å². The molecular weight excluding hydrogens is 284 g/mol. The summed E-state index contributed by atoms with van der Waals surface area (Å²) >= 11 is 0. The van der Waals surface area contributed by atoms with E-state index >= 15 is 0 Å². The molecule has 0 saturated heterocycles. The zero-order valence-corrected chi connectivity index (χ0v) is 14.6. The van der Waals surface area contributed by atoms with Crippen LogP contribution in [0.1, 0.15) is 32.6 Å². The molecule has 22 heavy (non-hydrogen) atoms. The monoisotopic (exact) mass is 320 g/mol. The van der Waals surface area contributed by atoms with Crippen LogP contribution in [0.2, 0.25) is 0 Å². The van der Waals surface area contributed by atoms with E-state index in [2.05, 4.69) is 6.92 Å². The Kier molecular flexibility index (Phi) is 13.0. The lowest BCUT2D eigenvalue weighted by molar-refractivity contribution is 0.0132. The molecule has 134 valence electrons. The van der Waals surface area contributed by atoms with Gasteiger partial charge < -0.3 is 31.4 Å². The highest BCUT2D eigenvalue weighted by molar-refractivity contribution is 4.80. The maximum atomic E-state index is 6.05. The highest BCUT2D eigenvalue weighted by Crippen LogP contribution is 2.10. The summed E-state index contributed by atoms with van der Waals surface area (Å²) in [5, 5.41) is 0. The average molecular weight is 320 g/mol. The Morgan fingerprint density at radius 2 is 1.41 bits per heavy atom. The van der Waals surface area contributed by atoms with E-state index in [0.29, 0.717) is 45.9 Å². The van der Waals surface area contributed by atoms with Gasteiger partial charge in [0.1, 0.15) is 0 Å². The Hall–Kier alpha value is -0.280. The standard InChI is InChI=1S/C15H36N4O3/c1-4-7-20-9-11-22-12-10-21-8-5-6-15(17,18)13-14(16)19(2)3/h14H,4-13,16-18H2,1-3H3. The van der Waals surface area contributed by atoms with Crippen molar-refractivity contribution in [3.8, 4) is 0 Å². The second kappa shape index (κ2) is 13.2. The highest BCUT2D eigenvalue weighted by atomic mass is 16.5. The zero-order chi connectivity index (χ0) is 16.8. The summed E-state index contributed by atoms with van der Waals surface area (Å²) in [6.45, 7) is 5.91. The molecule has 6 N–H and O–H groups in total. The molecule has 0 aliphatic rings. The predicted molar refractivity (Wildman–Crippen MR) is 89.4 cm³/mol. The van der Waals surface area contributed by atoms with Gasteiger partial charge in [0.2, 0.25) is 0 Å². The molecule has 7 nitrogen and oxygen atoms in total. The molecule has 0 spiro atoms. The van der Waals surface area contributed by atoms with Crippen molar-refractivity contribution in [3.63, 3.8) is 0 Å². The minimum atomic E-state index is -0.750. The molecule has 0 bridgehead atoms. The van der Waals surface area contributed by atoms with Gasteiger partial charge in [0, 0.05) is 19.6 Å². The zero-order valence-electron chi connectivity index (χ0n) is 14.6. The Morgan fingerprint density at radius 3 is 1.91 bits per heavy atom. The Balaban J connectivity index is 3.41. The summed E-state index contributed by atoms with van der Waals surface area (Å²) in [5.41, 5.74) is 17.3. The number of ether oxygens (including phenoxy) is 3. The van der Waals surface area contributed by atoms with E-state index in [1.165, 1.54) is 0 Å². The molecule has 0 saturated carbocycles. The van der Waals surface area contributed by atoms with E-state index in [0.717, 1.165) is 19.4 Å². The minimum absolute atomic E-state index is 0.126. The molecule has 1 atom stereocenters. The van der Waals surface area contributed by atoms with Crippen molar-refractivity contribution in [2.45, 2.75) is 44.4 Å². The van der Waals surface area contributed by atoms with Crippen molar-refractivity contribution in [1.29, 1.82) is 0 Å². The molecule has 7 heteroatoms. The molecule has 0 aliphatic carbocycles. The van der Waals surface area contributed by atoms with Crippen LogP contribution in [0.5, 0.6) is 0 Å².